The quantitative estimate of drug-likeness (QED) is 0.770. The summed E-state index contributed by atoms with van der Waals surface area (Å²) in [5.41, 5.74) is 1.23. The van der Waals surface area contributed by atoms with Crippen LogP contribution in [0.4, 0.5) is 5.00 Å². The van der Waals surface area contributed by atoms with Crippen LogP contribution < -0.4 is 5.32 Å². The molecule has 0 saturated carbocycles. The van der Waals surface area contributed by atoms with Crippen LogP contribution >= 0.6 is 23.7 Å². The van der Waals surface area contributed by atoms with Crippen molar-refractivity contribution in [3.05, 3.63) is 16.5 Å². The van der Waals surface area contributed by atoms with Gasteiger partial charge in [0.15, 0.2) is 0 Å². The van der Waals surface area contributed by atoms with Crippen molar-refractivity contribution in [1.82, 2.24) is 10.2 Å². The van der Waals surface area contributed by atoms with Crippen LogP contribution in [-0.2, 0) is 11.3 Å². The van der Waals surface area contributed by atoms with Gasteiger partial charge in [0.25, 0.3) is 0 Å². The molecular formula is C10H12ClN3OS. The zero-order valence-corrected chi connectivity index (χ0v) is 10.6. The van der Waals surface area contributed by atoms with Gasteiger partial charge in [0.05, 0.1) is 0 Å². The van der Waals surface area contributed by atoms with E-state index in [2.05, 4.69) is 23.3 Å². The number of fused-ring (bicyclic) bond motifs is 2. The molecule has 1 amide bonds. The third kappa shape index (κ3) is 1.51. The summed E-state index contributed by atoms with van der Waals surface area (Å²) in [6.45, 7) is 4.77. The van der Waals surface area contributed by atoms with E-state index in [0.29, 0.717) is 5.96 Å². The van der Waals surface area contributed by atoms with Gasteiger partial charge in [-0.1, -0.05) is 0 Å². The second kappa shape index (κ2) is 3.75. The first-order valence-corrected chi connectivity index (χ1v) is 5.72. The molecule has 1 unspecified atom stereocenters. The minimum Gasteiger partial charge on any atom is -0.326 e. The van der Waals surface area contributed by atoms with Crippen LogP contribution in [0.25, 0.3) is 0 Å². The molecule has 0 spiro atoms. The molecule has 6 heteroatoms. The second-order valence-corrected chi connectivity index (χ2v) is 5.15. The summed E-state index contributed by atoms with van der Waals surface area (Å²) in [5, 5.41) is 3.83. The predicted octanol–water partition coefficient (Wildman–Crippen LogP) is 1.80. The number of hydrogen-bond acceptors (Lipinski definition) is 4. The first-order valence-electron chi connectivity index (χ1n) is 4.90. The highest BCUT2D eigenvalue weighted by Crippen LogP contribution is 2.35. The smallest absolute Gasteiger partial charge is 0.249 e. The third-order valence-corrected chi connectivity index (χ3v) is 3.80. The number of amides is 1. The summed E-state index contributed by atoms with van der Waals surface area (Å²) in [4.78, 5) is 19.2. The van der Waals surface area contributed by atoms with E-state index >= 15 is 0 Å². The Balaban J connectivity index is 0.000000963. The number of thiophene rings is 1. The van der Waals surface area contributed by atoms with Crippen molar-refractivity contribution >= 4 is 40.6 Å². The molecule has 1 atom stereocenters. The minimum absolute atomic E-state index is 0. The van der Waals surface area contributed by atoms with Gasteiger partial charge in [-0.05, 0) is 19.9 Å². The van der Waals surface area contributed by atoms with Gasteiger partial charge in [-0.15, -0.1) is 23.7 Å². The summed E-state index contributed by atoms with van der Waals surface area (Å²) in [7, 11) is 0. The van der Waals surface area contributed by atoms with Gasteiger partial charge in [-0.25, -0.2) is 4.99 Å². The van der Waals surface area contributed by atoms with Crippen molar-refractivity contribution in [3.8, 4) is 0 Å². The molecule has 1 saturated heterocycles. The van der Waals surface area contributed by atoms with Crippen molar-refractivity contribution in [1.29, 1.82) is 0 Å². The molecule has 2 aliphatic rings. The maximum absolute atomic E-state index is 11.5. The number of carbonyl (C=O) groups is 1. The number of hydrogen-bond donors (Lipinski definition) is 1. The standard InChI is InChI=1S/C10H11N3OS.ClH/c1-5-3-7-4-13-6(2)8(14)11-10(13)12-9(7)15-5;/h3,6H,4H2,1-2H3,(H,11,12,14);1H. The fourth-order valence-corrected chi connectivity index (χ4v) is 2.85. The Labute approximate surface area is 104 Å². The number of nitrogens with one attached hydrogen (secondary N) is 1. The molecule has 0 bridgehead atoms. The maximum atomic E-state index is 11.5. The molecule has 2 aliphatic heterocycles. The van der Waals surface area contributed by atoms with E-state index in [4.69, 9.17) is 0 Å². The van der Waals surface area contributed by atoms with Crippen molar-refractivity contribution in [2.75, 3.05) is 0 Å². The van der Waals surface area contributed by atoms with Crippen LogP contribution in [-0.4, -0.2) is 22.8 Å². The fourth-order valence-electron chi connectivity index (χ4n) is 1.96. The van der Waals surface area contributed by atoms with Gasteiger partial charge in [0.2, 0.25) is 11.9 Å². The average Bonchev–Trinajstić information content (AvgIpc) is 2.65. The number of rotatable bonds is 0. The van der Waals surface area contributed by atoms with E-state index in [1.807, 2.05) is 11.8 Å². The summed E-state index contributed by atoms with van der Waals surface area (Å²) >= 11 is 1.68. The topological polar surface area (TPSA) is 44.7 Å². The predicted molar refractivity (Wildman–Crippen MR) is 66.5 cm³/mol. The van der Waals surface area contributed by atoms with Crippen molar-refractivity contribution < 1.29 is 4.79 Å². The zero-order chi connectivity index (χ0) is 10.6. The lowest BCUT2D eigenvalue weighted by molar-refractivity contribution is -0.121. The van der Waals surface area contributed by atoms with Gasteiger partial charge in [0.1, 0.15) is 11.0 Å². The first-order chi connectivity index (χ1) is 7.15. The van der Waals surface area contributed by atoms with Gasteiger partial charge in [-0.3, -0.25) is 10.1 Å². The number of halogens is 1. The van der Waals surface area contributed by atoms with Crippen LogP contribution in [0, 0.1) is 6.92 Å². The van der Waals surface area contributed by atoms with Crippen LogP contribution in [0.3, 0.4) is 0 Å². The summed E-state index contributed by atoms with van der Waals surface area (Å²) in [6.07, 6.45) is 0. The fraction of sp³-hybridized carbons (Fsp3) is 0.400. The largest absolute Gasteiger partial charge is 0.326 e. The Morgan fingerprint density at radius 3 is 3.12 bits per heavy atom. The molecular weight excluding hydrogens is 246 g/mol. The molecule has 1 N–H and O–H groups in total. The number of nitrogens with zero attached hydrogens (tertiary/aromatic N) is 2. The molecule has 1 aromatic rings. The van der Waals surface area contributed by atoms with E-state index in [1.165, 1.54) is 10.4 Å². The van der Waals surface area contributed by atoms with E-state index < -0.39 is 0 Å². The highest BCUT2D eigenvalue weighted by Gasteiger charge is 2.36. The van der Waals surface area contributed by atoms with Gasteiger partial charge >= 0.3 is 0 Å². The Kier molecular flexibility index (Phi) is 2.67. The number of guanidine groups is 1. The lowest BCUT2D eigenvalue weighted by Crippen LogP contribution is -2.34. The van der Waals surface area contributed by atoms with Gasteiger partial charge in [-0.2, -0.15) is 0 Å². The van der Waals surface area contributed by atoms with Crippen LogP contribution in [0.2, 0.25) is 0 Å². The lowest BCUT2D eigenvalue weighted by atomic mass is 10.2. The second-order valence-electron chi connectivity index (χ2n) is 3.92. The molecule has 16 heavy (non-hydrogen) atoms. The molecule has 4 nitrogen and oxygen atoms in total. The molecule has 1 fully saturated rings. The zero-order valence-electron chi connectivity index (χ0n) is 8.98. The SMILES string of the molecule is Cc1cc2c(s1)N=C1NC(=O)C(C)N1C2.Cl. The Bertz CT molecular complexity index is 482. The normalized spacial score (nSPS) is 21.9. The maximum Gasteiger partial charge on any atom is 0.249 e. The van der Waals surface area contributed by atoms with Crippen molar-refractivity contribution in [2.24, 2.45) is 4.99 Å². The molecule has 1 aromatic heterocycles. The van der Waals surface area contributed by atoms with Crippen LogP contribution in [0.1, 0.15) is 17.4 Å². The number of aliphatic imine (C=N–C) groups is 1. The van der Waals surface area contributed by atoms with Crippen LogP contribution in [0.15, 0.2) is 11.1 Å². The molecule has 0 radical (unpaired) electrons. The molecule has 86 valence electrons. The Morgan fingerprint density at radius 2 is 2.38 bits per heavy atom. The van der Waals surface area contributed by atoms with Crippen LogP contribution in [0.5, 0.6) is 0 Å². The van der Waals surface area contributed by atoms with Crippen molar-refractivity contribution in [3.63, 3.8) is 0 Å². The molecule has 3 heterocycles. The summed E-state index contributed by atoms with van der Waals surface area (Å²) < 4.78 is 0. The van der Waals surface area contributed by atoms with Crippen molar-refractivity contribution in [2.45, 2.75) is 26.4 Å². The van der Waals surface area contributed by atoms with Gasteiger partial charge in [0, 0.05) is 17.0 Å². The minimum atomic E-state index is -0.0999. The molecule has 3 rings (SSSR count). The van der Waals surface area contributed by atoms with Gasteiger partial charge < -0.3 is 4.90 Å². The third-order valence-electron chi connectivity index (χ3n) is 2.81. The van der Waals surface area contributed by atoms with E-state index in [1.54, 1.807) is 11.3 Å². The van der Waals surface area contributed by atoms with E-state index in [9.17, 15) is 4.79 Å². The molecule has 0 aliphatic carbocycles. The monoisotopic (exact) mass is 257 g/mol. The highest BCUT2D eigenvalue weighted by atomic mass is 35.5. The first kappa shape index (κ1) is 11.4. The highest BCUT2D eigenvalue weighted by molar-refractivity contribution is 7.16. The Hall–Kier alpha value is -1.07. The Morgan fingerprint density at radius 1 is 1.62 bits per heavy atom. The average molecular weight is 258 g/mol. The number of carbonyl (C=O) groups excluding carboxylic acids is 1. The number of aryl methyl sites for hydroxylation is 1. The summed E-state index contributed by atoms with van der Waals surface area (Å²) in [6, 6.07) is 2.05. The lowest BCUT2D eigenvalue weighted by Gasteiger charge is -2.23. The summed E-state index contributed by atoms with van der Waals surface area (Å²) in [5.74, 6) is 0.752. The van der Waals surface area contributed by atoms with E-state index in [-0.39, 0.29) is 24.4 Å². The van der Waals surface area contributed by atoms with E-state index in [0.717, 1.165) is 11.5 Å². The molecule has 0 aromatic carbocycles.